The standard InChI is InChI=1S/C30H29N3O3/c1-2-18-9-7-13-23-22-15-14-20(16-26(22)32-27(18)23)31-28(34)21-10-4-3-8-19(21)17-33-29(35)24-11-5-6-12-25(24)30(33)36/h5-7,9,11-16,19,21,32H,2-4,8,10,17H2,1H3,(H,31,34). The highest BCUT2D eigenvalue weighted by molar-refractivity contribution is 6.21. The molecular weight excluding hydrogens is 450 g/mol. The molecule has 6 rings (SSSR count). The summed E-state index contributed by atoms with van der Waals surface area (Å²) < 4.78 is 0. The molecule has 1 aliphatic heterocycles. The number of nitrogens with zero attached hydrogens (tertiary/aromatic N) is 1. The molecular formula is C30H29N3O3. The number of anilines is 1. The second kappa shape index (κ2) is 8.94. The fraction of sp³-hybridized carbons (Fsp3) is 0.300. The Morgan fingerprint density at radius 2 is 1.69 bits per heavy atom. The first kappa shape index (κ1) is 22.5. The fourth-order valence-electron chi connectivity index (χ4n) is 6.01. The molecule has 3 aromatic carbocycles. The van der Waals surface area contributed by atoms with Gasteiger partial charge in [0.05, 0.1) is 11.1 Å². The number of benzene rings is 3. The zero-order valence-electron chi connectivity index (χ0n) is 20.3. The van der Waals surface area contributed by atoms with Gasteiger partial charge in [0.15, 0.2) is 0 Å². The number of hydrogen-bond acceptors (Lipinski definition) is 3. The van der Waals surface area contributed by atoms with Crippen LogP contribution in [-0.2, 0) is 11.2 Å². The first-order chi connectivity index (χ1) is 17.5. The van der Waals surface area contributed by atoms with Gasteiger partial charge in [-0.3, -0.25) is 19.3 Å². The number of fused-ring (bicyclic) bond motifs is 4. The summed E-state index contributed by atoms with van der Waals surface area (Å²) in [4.78, 5) is 44.1. The van der Waals surface area contributed by atoms with Crippen LogP contribution in [0.15, 0.2) is 60.7 Å². The SMILES string of the molecule is CCc1cccc2c1[nH]c1cc(NC(=O)C3CCCCC3CN3C(=O)c4ccccc4C3=O)ccc12. The van der Waals surface area contributed by atoms with Gasteiger partial charge in [0.2, 0.25) is 5.91 Å². The number of rotatable bonds is 5. The van der Waals surface area contributed by atoms with E-state index in [1.807, 2.05) is 12.1 Å². The van der Waals surface area contributed by atoms with Crippen LogP contribution in [0.1, 0.15) is 58.9 Å². The van der Waals surface area contributed by atoms with Gasteiger partial charge in [0.1, 0.15) is 0 Å². The number of nitrogens with one attached hydrogen (secondary N) is 2. The third-order valence-corrected chi connectivity index (χ3v) is 7.91. The number of amides is 3. The van der Waals surface area contributed by atoms with Crippen molar-refractivity contribution < 1.29 is 14.4 Å². The van der Waals surface area contributed by atoms with Gasteiger partial charge in [-0.2, -0.15) is 0 Å². The van der Waals surface area contributed by atoms with Crippen molar-refractivity contribution in [3.05, 3.63) is 77.4 Å². The van der Waals surface area contributed by atoms with Crippen molar-refractivity contribution in [3.8, 4) is 0 Å². The molecule has 2 atom stereocenters. The maximum absolute atomic E-state index is 13.4. The molecule has 182 valence electrons. The number of carbonyl (C=O) groups excluding carboxylic acids is 3. The molecule has 1 aliphatic carbocycles. The average Bonchev–Trinajstić information content (AvgIpc) is 3.39. The summed E-state index contributed by atoms with van der Waals surface area (Å²) in [7, 11) is 0. The summed E-state index contributed by atoms with van der Waals surface area (Å²) >= 11 is 0. The van der Waals surface area contributed by atoms with Crippen LogP contribution >= 0.6 is 0 Å². The first-order valence-corrected chi connectivity index (χ1v) is 12.8. The highest BCUT2D eigenvalue weighted by atomic mass is 16.2. The molecule has 2 unspecified atom stereocenters. The van der Waals surface area contributed by atoms with E-state index >= 15 is 0 Å². The predicted octanol–water partition coefficient (Wildman–Crippen LogP) is 5.92. The molecule has 1 aromatic heterocycles. The van der Waals surface area contributed by atoms with Crippen LogP contribution in [0.25, 0.3) is 21.8 Å². The molecule has 2 heterocycles. The molecule has 1 saturated carbocycles. The van der Waals surface area contributed by atoms with Gasteiger partial charge in [-0.1, -0.05) is 56.2 Å². The summed E-state index contributed by atoms with van der Waals surface area (Å²) in [6.07, 6.45) is 4.50. The van der Waals surface area contributed by atoms with Crippen LogP contribution in [0.4, 0.5) is 5.69 Å². The summed E-state index contributed by atoms with van der Waals surface area (Å²) in [6.45, 7) is 2.43. The van der Waals surface area contributed by atoms with Gasteiger partial charge < -0.3 is 10.3 Å². The fourth-order valence-corrected chi connectivity index (χ4v) is 6.01. The zero-order valence-corrected chi connectivity index (χ0v) is 20.3. The van der Waals surface area contributed by atoms with Crippen molar-refractivity contribution in [1.29, 1.82) is 0 Å². The minimum atomic E-state index is -0.254. The Bertz CT molecular complexity index is 1480. The van der Waals surface area contributed by atoms with Crippen LogP contribution in [0, 0.1) is 11.8 Å². The maximum Gasteiger partial charge on any atom is 0.261 e. The lowest BCUT2D eigenvalue weighted by atomic mass is 9.78. The van der Waals surface area contributed by atoms with E-state index in [4.69, 9.17) is 0 Å². The predicted molar refractivity (Wildman–Crippen MR) is 141 cm³/mol. The number of aromatic nitrogens is 1. The third-order valence-electron chi connectivity index (χ3n) is 7.91. The van der Waals surface area contributed by atoms with E-state index in [9.17, 15) is 14.4 Å². The molecule has 2 N–H and O–H groups in total. The van der Waals surface area contributed by atoms with Crippen molar-refractivity contribution in [2.45, 2.75) is 39.0 Å². The van der Waals surface area contributed by atoms with E-state index in [-0.39, 0.29) is 36.1 Å². The van der Waals surface area contributed by atoms with Gasteiger partial charge in [-0.05, 0) is 55.0 Å². The number of carbonyl (C=O) groups is 3. The Morgan fingerprint density at radius 1 is 0.944 bits per heavy atom. The normalized spacial score (nSPS) is 19.8. The number of aryl methyl sites for hydroxylation is 1. The molecule has 2 aliphatic rings. The number of H-pyrrole nitrogens is 1. The van der Waals surface area contributed by atoms with Crippen molar-refractivity contribution in [1.82, 2.24) is 9.88 Å². The Morgan fingerprint density at radius 3 is 2.44 bits per heavy atom. The molecule has 0 spiro atoms. The smallest absolute Gasteiger partial charge is 0.261 e. The lowest BCUT2D eigenvalue weighted by molar-refractivity contribution is -0.122. The largest absolute Gasteiger partial charge is 0.354 e. The maximum atomic E-state index is 13.4. The Kier molecular flexibility index (Phi) is 5.59. The minimum Gasteiger partial charge on any atom is -0.354 e. The van der Waals surface area contributed by atoms with Crippen molar-refractivity contribution in [3.63, 3.8) is 0 Å². The lowest BCUT2D eigenvalue weighted by Crippen LogP contribution is -2.41. The van der Waals surface area contributed by atoms with E-state index in [1.54, 1.807) is 24.3 Å². The molecule has 0 radical (unpaired) electrons. The Balaban J connectivity index is 1.22. The van der Waals surface area contributed by atoms with E-state index < -0.39 is 0 Å². The number of imide groups is 1. The highest BCUT2D eigenvalue weighted by Crippen LogP contribution is 2.35. The Hall–Kier alpha value is -3.93. The monoisotopic (exact) mass is 479 g/mol. The molecule has 4 aromatic rings. The number of hydrogen-bond donors (Lipinski definition) is 2. The van der Waals surface area contributed by atoms with E-state index in [1.165, 1.54) is 15.8 Å². The van der Waals surface area contributed by atoms with Gasteiger partial charge in [0, 0.05) is 40.0 Å². The minimum absolute atomic E-state index is 0.0407. The van der Waals surface area contributed by atoms with Crippen LogP contribution in [0.2, 0.25) is 0 Å². The molecule has 3 amide bonds. The number of para-hydroxylation sites is 1. The van der Waals surface area contributed by atoms with E-state index in [0.717, 1.165) is 54.2 Å². The molecule has 6 nitrogen and oxygen atoms in total. The highest BCUT2D eigenvalue weighted by Gasteiger charge is 2.40. The van der Waals surface area contributed by atoms with Crippen molar-refractivity contribution >= 4 is 45.2 Å². The molecule has 6 heteroatoms. The Labute approximate surface area is 209 Å². The second-order valence-corrected chi connectivity index (χ2v) is 9.99. The third kappa shape index (κ3) is 3.68. The van der Waals surface area contributed by atoms with Crippen LogP contribution in [0.3, 0.4) is 0 Å². The summed E-state index contributed by atoms with van der Waals surface area (Å²) in [5, 5.41) is 5.45. The van der Waals surface area contributed by atoms with Gasteiger partial charge >= 0.3 is 0 Å². The van der Waals surface area contributed by atoms with Crippen LogP contribution < -0.4 is 5.32 Å². The lowest BCUT2D eigenvalue weighted by Gasteiger charge is -2.32. The molecule has 1 fully saturated rings. The molecule has 36 heavy (non-hydrogen) atoms. The zero-order chi connectivity index (χ0) is 24.8. The van der Waals surface area contributed by atoms with Gasteiger partial charge in [-0.15, -0.1) is 0 Å². The van der Waals surface area contributed by atoms with E-state index in [0.29, 0.717) is 11.1 Å². The summed E-state index contributed by atoms with van der Waals surface area (Å²) in [6, 6.07) is 19.3. The molecule has 0 bridgehead atoms. The average molecular weight is 480 g/mol. The summed E-state index contributed by atoms with van der Waals surface area (Å²) in [5.41, 5.74) is 5.07. The summed E-state index contributed by atoms with van der Waals surface area (Å²) in [5.74, 6) is -0.842. The van der Waals surface area contributed by atoms with Gasteiger partial charge in [0.25, 0.3) is 11.8 Å². The topological polar surface area (TPSA) is 82.3 Å². The van der Waals surface area contributed by atoms with Crippen molar-refractivity contribution in [2.75, 3.05) is 11.9 Å². The second-order valence-electron chi connectivity index (χ2n) is 9.99. The van der Waals surface area contributed by atoms with E-state index in [2.05, 4.69) is 41.5 Å². The van der Waals surface area contributed by atoms with Crippen LogP contribution in [0.5, 0.6) is 0 Å². The van der Waals surface area contributed by atoms with Gasteiger partial charge in [-0.25, -0.2) is 0 Å². The quantitative estimate of drug-likeness (QED) is 0.348. The first-order valence-electron chi connectivity index (χ1n) is 12.8. The number of aromatic amines is 1. The van der Waals surface area contributed by atoms with Crippen molar-refractivity contribution in [2.24, 2.45) is 11.8 Å². The van der Waals surface area contributed by atoms with Crippen LogP contribution in [-0.4, -0.2) is 34.2 Å². The molecule has 0 saturated heterocycles.